The van der Waals surface area contributed by atoms with Gasteiger partial charge in [0.05, 0.1) is 5.92 Å². The number of H-pyrrole nitrogens is 1. The highest BCUT2D eigenvalue weighted by atomic mass is 16.5. The summed E-state index contributed by atoms with van der Waals surface area (Å²) >= 11 is 0. The summed E-state index contributed by atoms with van der Waals surface area (Å²) in [4.78, 5) is 26.7. The maximum atomic E-state index is 12.0. The lowest BCUT2D eigenvalue weighted by atomic mass is 9.96. The largest absolute Gasteiger partial charge is 0.488 e. The average Bonchev–Trinajstić information content (AvgIpc) is 3.25. The van der Waals surface area contributed by atoms with E-state index in [0.717, 1.165) is 22.0 Å². The molecule has 1 aliphatic heterocycles. The summed E-state index contributed by atoms with van der Waals surface area (Å²) in [7, 11) is 0. The Morgan fingerprint density at radius 1 is 1.04 bits per heavy atom. The molecule has 2 aromatic carbocycles. The van der Waals surface area contributed by atoms with Crippen LogP contribution in [-0.2, 0) is 16.2 Å². The van der Waals surface area contributed by atoms with Crippen molar-refractivity contribution >= 4 is 22.7 Å². The summed E-state index contributed by atoms with van der Waals surface area (Å²) in [5.41, 5.74) is 2.76. The molecule has 5 nitrogen and oxygen atoms in total. The molecule has 0 aliphatic carbocycles. The zero-order valence-electron chi connectivity index (χ0n) is 14.9. The number of aromatic amines is 1. The standard InChI is InChI=1S/C19H16N2O3.C2H6/c22-17-9-13(19(23)21-17)14-10-20-15-7-4-8-16(18(14)15)24-11-12-5-2-1-3-6-12;1-2/h1-8,10,13,20H,9,11H2,(H,21,22,23);1-2H3. The summed E-state index contributed by atoms with van der Waals surface area (Å²) in [5.74, 6) is -0.242. The van der Waals surface area contributed by atoms with Gasteiger partial charge in [-0.1, -0.05) is 50.2 Å². The normalized spacial score (nSPS) is 16.2. The number of rotatable bonds is 4. The fourth-order valence-corrected chi connectivity index (χ4v) is 3.11. The Kier molecular flexibility index (Phi) is 5.37. The number of carbonyl (C=O) groups excluding carboxylic acids is 2. The molecular weight excluding hydrogens is 328 g/mol. The van der Waals surface area contributed by atoms with Crippen LogP contribution in [-0.4, -0.2) is 16.8 Å². The van der Waals surface area contributed by atoms with Crippen molar-refractivity contribution < 1.29 is 14.3 Å². The molecule has 0 bridgehead atoms. The van der Waals surface area contributed by atoms with Gasteiger partial charge in [-0.2, -0.15) is 0 Å². The summed E-state index contributed by atoms with van der Waals surface area (Å²) in [5, 5.41) is 3.23. The van der Waals surface area contributed by atoms with E-state index >= 15 is 0 Å². The van der Waals surface area contributed by atoms with Crippen molar-refractivity contribution in [2.24, 2.45) is 0 Å². The second-order valence-corrected chi connectivity index (χ2v) is 5.87. The second kappa shape index (κ2) is 7.87. The van der Waals surface area contributed by atoms with Crippen LogP contribution in [0.4, 0.5) is 0 Å². The predicted molar refractivity (Wildman–Crippen MR) is 101 cm³/mol. The van der Waals surface area contributed by atoms with Crippen LogP contribution >= 0.6 is 0 Å². The molecule has 2 N–H and O–H groups in total. The third-order valence-electron chi connectivity index (χ3n) is 4.28. The van der Waals surface area contributed by atoms with Crippen LogP contribution in [0.3, 0.4) is 0 Å². The number of amides is 2. The molecule has 1 aromatic heterocycles. The SMILES string of the molecule is CC.O=C1CC(c2c[nH]c3cccc(OCc4ccccc4)c23)C(=O)N1. The minimum absolute atomic E-state index is 0.179. The maximum Gasteiger partial charge on any atom is 0.234 e. The van der Waals surface area contributed by atoms with Crippen LogP contribution in [0.25, 0.3) is 10.9 Å². The van der Waals surface area contributed by atoms with Crippen LogP contribution in [0.5, 0.6) is 5.75 Å². The Morgan fingerprint density at radius 2 is 1.81 bits per heavy atom. The Balaban J connectivity index is 0.000000948. The highest BCUT2D eigenvalue weighted by Gasteiger charge is 2.34. The third kappa shape index (κ3) is 3.47. The Hall–Kier alpha value is -3.08. The number of nitrogens with one attached hydrogen (secondary N) is 2. The van der Waals surface area contributed by atoms with Crippen LogP contribution in [0.1, 0.15) is 37.3 Å². The van der Waals surface area contributed by atoms with Crippen molar-refractivity contribution in [3.63, 3.8) is 0 Å². The molecule has 4 rings (SSSR count). The van der Waals surface area contributed by atoms with E-state index in [1.807, 2.05) is 62.4 Å². The molecule has 134 valence electrons. The molecule has 0 saturated carbocycles. The Labute approximate surface area is 152 Å². The van der Waals surface area contributed by atoms with E-state index in [4.69, 9.17) is 4.74 Å². The lowest BCUT2D eigenvalue weighted by Gasteiger charge is -2.11. The van der Waals surface area contributed by atoms with Gasteiger partial charge in [0.25, 0.3) is 0 Å². The fraction of sp³-hybridized carbons (Fsp3) is 0.238. The van der Waals surface area contributed by atoms with Crippen molar-refractivity contribution in [1.29, 1.82) is 0 Å². The molecule has 2 amide bonds. The number of hydrogen-bond donors (Lipinski definition) is 2. The number of aromatic nitrogens is 1. The van der Waals surface area contributed by atoms with E-state index in [2.05, 4.69) is 10.3 Å². The Morgan fingerprint density at radius 3 is 2.50 bits per heavy atom. The van der Waals surface area contributed by atoms with Crippen molar-refractivity contribution in [3.8, 4) is 5.75 Å². The van der Waals surface area contributed by atoms with Gasteiger partial charge < -0.3 is 9.72 Å². The lowest BCUT2D eigenvalue weighted by Crippen LogP contribution is -2.21. The third-order valence-corrected chi connectivity index (χ3v) is 4.28. The van der Waals surface area contributed by atoms with E-state index in [1.165, 1.54) is 0 Å². The lowest BCUT2D eigenvalue weighted by molar-refractivity contribution is -0.125. The average molecular weight is 350 g/mol. The molecule has 1 aliphatic rings. The molecule has 0 spiro atoms. The van der Waals surface area contributed by atoms with Crippen LogP contribution in [0.15, 0.2) is 54.7 Å². The zero-order chi connectivity index (χ0) is 18.5. The quantitative estimate of drug-likeness (QED) is 0.701. The minimum atomic E-state index is -0.465. The van der Waals surface area contributed by atoms with Crippen LogP contribution in [0, 0.1) is 0 Å². The van der Waals surface area contributed by atoms with E-state index in [-0.39, 0.29) is 18.2 Å². The number of fused-ring (bicyclic) bond motifs is 1. The fourth-order valence-electron chi connectivity index (χ4n) is 3.11. The molecule has 1 atom stereocenters. The van der Waals surface area contributed by atoms with Crippen LogP contribution in [0.2, 0.25) is 0 Å². The maximum absolute atomic E-state index is 12.0. The molecule has 0 radical (unpaired) electrons. The summed E-state index contributed by atoms with van der Waals surface area (Å²) in [6, 6.07) is 15.6. The van der Waals surface area contributed by atoms with Gasteiger partial charge in [0, 0.05) is 23.5 Å². The number of carbonyl (C=O) groups is 2. The minimum Gasteiger partial charge on any atom is -0.488 e. The highest BCUT2D eigenvalue weighted by Crippen LogP contribution is 2.36. The van der Waals surface area contributed by atoms with E-state index in [0.29, 0.717) is 12.4 Å². The van der Waals surface area contributed by atoms with Gasteiger partial charge in [-0.15, -0.1) is 0 Å². The number of hydrogen-bond acceptors (Lipinski definition) is 3. The molecular formula is C21H22N2O3. The molecule has 2 heterocycles. The van der Waals surface area contributed by atoms with Crippen molar-refractivity contribution in [2.75, 3.05) is 0 Å². The highest BCUT2D eigenvalue weighted by molar-refractivity contribution is 6.08. The van der Waals surface area contributed by atoms with Gasteiger partial charge in [0.15, 0.2) is 0 Å². The molecule has 1 fully saturated rings. The van der Waals surface area contributed by atoms with Crippen molar-refractivity contribution in [1.82, 2.24) is 10.3 Å². The first kappa shape index (κ1) is 17.7. The van der Waals surface area contributed by atoms with Crippen molar-refractivity contribution in [3.05, 3.63) is 65.9 Å². The van der Waals surface area contributed by atoms with E-state index in [1.54, 1.807) is 6.20 Å². The molecule has 5 heteroatoms. The zero-order valence-corrected chi connectivity index (χ0v) is 14.9. The van der Waals surface area contributed by atoms with Crippen LogP contribution < -0.4 is 10.1 Å². The van der Waals surface area contributed by atoms with Gasteiger partial charge in [0.1, 0.15) is 12.4 Å². The van der Waals surface area contributed by atoms with Gasteiger partial charge >= 0.3 is 0 Å². The topological polar surface area (TPSA) is 71.2 Å². The van der Waals surface area contributed by atoms with Gasteiger partial charge in [0.2, 0.25) is 11.8 Å². The molecule has 26 heavy (non-hydrogen) atoms. The smallest absolute Gasteiger partial charge is 0.234 e. The predicted octanol–water partition coefficient (Wildman–Crippen LogP) is 3.90. The first-order valence-electron chi connectivity index (χ1n) is 8.83. The number of ether oxygens (including phenoxy) is 1. The van der Waals surface area contributed by atoms with E-state index in [9.17, 15) is 9.59 Å². The Bertz CT molecular complexity index is 915. The summed E-state index contributed by atoms with van der Waals surface area (Å²) < 4.78 is 5.99. The van der Waals surface area contributed by atoms with Gasteiger partial charge in [-0.25, -0.2) is 0 Å². The second-order valence-electron chi connectivity index (χ2n) is 5.87. The van der Waals surface area contributed by atoms with Crippen molar-refractivity contribution in [2.45, 2.75) is 32.8 Å². The first-order valence-corrected chi connectivity index (χ1v) is 8.83. The monoisotopic (exact) mass is 350 g/mol. The molecule has 1 saturated heterocycles. The summed E-state index contributed by atoms with van der Waals surface area (Å²) in [6.07, 6.45) is 1.97. The number of imide groups is 1. The van der Waals surface area contributed by atoms with E-state index < -0.39 is 5.92 Å². The summed E-state index contributed by atoms with van der Waals surface area (Å²) in [6.45, 7) is 4.44. The molecule has 3 aromatic rings. The molecule has 1 unspecified atom stereocenters. The van der Waals surface area contributed by atoms with Gasteiger partial charge in [-0.05, 0) is 23.3 Å². The first-order chi connectivity index (χ1) is 12.7. The number of benzene rings is 2. The van der Waals surface area contributed by atoms with Gasteiger partial charge in [-0.3, -0.25) is 14.9 Å².